The van der Waals surface area contributed by atoms with Crippen LogP contribution in [0.2, 0.25) is 5.02 Å². The van der Waals surface area contributed by atoms with Crippen molar-refractivity contribution in [2.75, 3.05) is 38.2 Å². The molecule has 1 aromatic carbocycles. The van der Waals surface area contributed by atoms with Crippen molar-refractivity contribution in [3.63, 3.8) is 0 Å². The van der Waals surface area contributed by atoms with Crippen molar-refractivity contribution in [3.8, 4) is 5.75 Å². The smallest absolute Gasteiger partial charge is 0.342 e. The summed E-state index contributed by atoms with van der Waals surface area (Å²) in [5.41, 5.74) is -0.753. The van der Waals surface area contributed by atoms with Gasteiger partial charge in [-0.25, -0.2) is 9.78 Å². The van der Waals surface area contributed by atoms with E-state index in [1.807, 2.05) is 12.1 Å². The predicted octanol–water partition coefficient (Wildman–Crippen LogP) is 4.54. The predicted molar refractivity (Wildman–Crippen MR) is 167 cm³/mol. The van der Waals surface area contributed by atoms with Gasteiger partial charge in [0.25, 0.3) is 0 Å². The van der Waals surface area contributed by atoms with Crippen LogP contribution in [0.3, 0.4) is 0 Å². The maximum atomic E-state index is 13.2. The number of aryl methyl sites for hydroxylation is 1. The lowest BCUT2D eigenvalue weighted by Crippen LogP contribution is -2.54. The van der Waals surface area contributed by atoms with Crippen LogP contribution in [0.4, 0.5) is 5.82 Å². The first-order valence-electron chi connectivity index (χ1n) is 15.9. The van der Waals surface area contributed by atoms with E-state index in [9.17, 15) is 24.9 Å². The van der Waals surface area contributed by atoms with Crippen molar-refractivity contribution in [1.29, 1.82) is 0 Å². The van der Waals surface area contributed by atoms with Crippen LogP contribution in [-0.2, 0) is 27.0 Å². The minimum Gasteiger partial charge on any atom is -0.489 e. The third kappa shape index (κ3) is 5.45. The lowest BCUT2D eigenvalue weighted by molar-refractivity contribution is -0.165. The summed E-state index contributed by atoms with van der Waals surface area (Å²) >= 11 is 6.40. The molecule has 238 valence electrons. The molecule has 1 saturated carbocycles. The molecule has 2 aromatic rings. The highest BCUT2D eigenvalue weighted by molar-refractivity contribution is 6.30. The van der Waals surface area contributed by atoms with Crippen molar-refractivity contribution < 1.29 is 29.6 Å². The third-order valence-electron chi connectivity index (χ3n) is 11.0. The number of anilines is 1. The van der Waals surface area contributed by atoms with Crippen LogP contribution in [0.15, 0.2) is 30.3 Å². The van der Waals surface area contributed by atoms with Crippen LogP contribution >= 0.6 is 11.6 Å². The normalized spacial score (nSPS) is 34.3. The molecule has 0 radical (unpaired) electrons. The average Bonchev–Trinajstić information content (AvgIpc) is 3.11. The monoisotopic (exact) mass is 625 g/mol. The van der Waals surface area contributed by atoms with Crippen molar-refractivity contribution in [1.82, 2.24) is 9.88 Å². The zero-order valence-electron chi connectivity index (χ0n) is 25.9. The van der Waals surface area contributed by atoms with Gasteiger partial charge in [-0.2, -0.15) is 0 Å². The molecular formula is C34H44ClN3O6. The van der Waals surface area contributed by atoms with Crippen LogP contribution in [0.5, 0.6) is 5.75 Å². The molecule has 2 aliphatic carbocycles. The Kier molecular flexibility index (Phi) is 8.12. The first-order valence-corrected chi connectivity index (χ1v) is 16.3. The number of amides is 1. The number of carbonyl (C=O) groups is 2. The fourth-order valence-corrected chi connectivity index (χ4v) is 8.34. The number of nitrogens with zero attached hydrogens (tertiary/aromatic N) is 3. The molecule has 3 N–H and O–H groups in total. The first-order chi connectivity index (χ1) is 20.8. The number of fused-ring (bicyclic) bond motifs is 4. The maximum absolute atomic E-state index is 13.2. The Bertz CT molecular complexity index is 1450. The number of aliphatic hydroxyl groups excluding tert-OH is 1. The third-order valence-corrected chi connectivity index (χ3v) is 11.3. The maximum Gasteiger partial charge on any atom is 0.342 e. The van der Waals surface area contributed by atoms with Crippen LogP contribution in [0, 0.1) is 17.3 Å². The molecule has 1 amide bonds. The number of aliphatic hydroxyl groups is 2. The second-order valence-electron chi connectivity index (χ2n) is 14.3. The largest absolute Gasteiger partial charge is 0.489 e. The van der Waals surface area contributed by atoms with Crippen molar-refractivity contribution in [3.05, 3.63) is 52.2 Å². The molecule has 4 aliphatic rings. The Balaban J connectivity index is 1.48. The number of ether oxygens (including phenoxy) is 1. The molecular weight excluding hydrogens is 582 g/mol. The molecule has 1 spiro atoms. The standard InChI is InChI=1S/C34H44ClN3O6/c1-21-11-14-37(3)29(40)17-34(43,31(41)42)28-9-8-27-30(36-28)38(18-32(2)13-10-25(32)26(39)15-21)19-33(20-44-27)12-4-5-22-16-23(35)6-7-24(22)33/h6-9,16,21,25-26,39,43H,4-5,10-15,17-20H2,1-3H3,(H,41,42)/t21?,25-,26-,32?,33-,34+/m0/s1. The SMILES string of the molecule is CC1CCN(C)C(=O)C[C@](O)(C(=O)O)c2ccc3c(n2)N(CC2(C)CC[C@H]2[C@@H](O)C1)C[C@@]1(CCCc2cc(Cl)ccc21)CO3. The Morgan fingerprint density at radius 1 is 1.16 bits per heavy atom. The average molecular weight is 626 g/mol. The number of carboxylic acid groups (broad SMARTS) is 1. The van der Waals surface area contributed by atoms with Gasteiger partial charge in [0, 0.05) is 37.1 Å². The molecule has 2 aliphatic heterocycles. The highest BCUT2D eigenvalue weighted by Crippen LogP contribution is 2.52. The molecule has 1 fully saturated rings. The molecule has 2 bridgehead atoms. The van der Waals surface area contributed by atoms with Gasteiger partial charge in [-0.1, -0.05) is 31.5 Å². The Hall–Kier alpha value is -2.88. The van der Waals surface area contributed by atoms with Crippen LogP contribution in [0.1, 0.15) is 75.6 Å². The van der Waals surface area contributed by atoms with E-state index in [0.717, 1.165) is 32.1 Å². The lowest BCUT2D eigenvalue weighted by Gasteiger charge is -2.53. The number of halogens is 1. The summed E-state index contributed by atoms with van der Waals surface area (Å²) in [5, 5.41) is 34.0. The van der Waals surface area contributed by atoms with Crippen molar-refractivity contribution >= 4 is 29.3 Å². The molecule has 3 heterocycles. The van der Waals surface area contributed by atoms with E-state index in [1.54, 1.807) is 13.1 Å². The summed E-state index contributed by atoms with van der Waals surface area (Å²) < 4.78 is 6.52. The van der Waals surface area contributed by atoms with E-state index in [1.165, 1.54) is 22.1 Å². The molecule has 9 nitrogen and oxygen atoms in total. The Labute approximate surface area is 264 Å². The summed E-state index contributed by atoms with van der Waals surface area (Å²) in [6.45, 7) is 6.30. The van der Waals surface area contributed by atoms with Crippen LogP contribution < -0.4 is 9.64 Å². The number of pyridine rings is 1. The number of benzene rings is 1. The molecule has 2 unspecified atom stereocenters. The van der Waals surface area contributed by atoms with Crippen LogP contribution in [0.25, 0.3) is 0 Å². The van der Waals surface area contributed by atoms with E-state index in [4.69, 9.17) is 21.3 Å². The summed E-state index contributed by atoms with van der Waals surface area (Å²) in [6, 6.07) is 9.22. The number of rotatable bonds is 1. The van der Waals surface area contributed by atoms with E-state index >= 15 is 0 Å². The van der Waals surface area contributed by atoms with Gasteiger partial charge < -0.3 is 29.9 Å². The van der Waals surface area contributed by atoms with Gasteiger partial charge in [-0.05, 0) is 97.6 Å². The molecule has 6 rings (SSSR count). The van der Waals surface area contributed by atoms with Gasteiger partial charge in [0.2, 0.25) is 11.5 Å². The summed E-state index contributed by atoms with van der Waals surface area (Å²) in [4.78, 5) is 34.3. The topological polar surface area (TPSA) is 123 Å². The van der Waals surface area contributed by atoms with Crippen LogP contribution in [-0.4, -0.2) is 76.5 Å². The molecule has 6 atom stereocenters. The molecule has 10 heteroatoms. The first kappa shape index (κ1) is 31.1. The number of aliphatic carboxylic acids is 1. The molecule has 1 aromatic heterocycles. The van der Waals surface area contributed by atoms with Gasteiger partial charge in [0.1, 0.15) is 0 Å². The van der Waals surface area contributed by atoms with Gasteiger partial charge in [-0.3, -0.25) is 4.79 Å². The van der Waals surface area contributed by atoms with Gasteiger partial charge in [0.15, 0.2) is 11.6 Å². The van der Waals surface area contributed by atoms with E-state index in [-0.39, 0.29) is 28.4 Å². The van der Waals surface area contributed by atoms with E-state index < -0.39 is 30.0 Å². The highest BCUT2D eigenvalue weighted by Gasteiger charge is 2.51. The number of aromatic nitrogens is 1. The van der Waals surface area contributed by atoms with Crippen molar-refractivity contribution in [2.24, 2.45) is 17.3 Å². The summed E-state index contributed by atoms with van der Waals surface area (Å²) in [7, 11) is 1.62. The Morgan fingerprint density at radius 2 is 1.95 bits per heavy atom. The minimum absolute atomic E-state index is 0.0948. The Morgan fingerprint density at radius 3 is 2.68 bits per heavy atom. The van der Waals surface area contributed by atoms with Gasteiger partial charge >= 0.3 is 5.97 Å². The fourth-order valence-electron chi connectivity index (χ4n) is 8.15. The van der Waals surface area contributed by atoms with E-state index in [0.29, 0.717) is 55.7 Å². The second kappa shape index (κ2) is 11.5. The summed E-state index contributed by atoms with van der Waals surface area (Å²) in [5.74, 6) is -0.774. The highest BCUT2D eigenvalue weighted by atomic mass is 35.5. The van der Waals surface area contributed by atoms with Gasteiger partial charge in [0.05, 0.1) is 24.8 Å². The number of hydrogen-bond acceptors (Lipinski definition) is 7. The zero-order chi connectivity index (χ0) is 31.4. The number of hydrogen-bond donors (Lipinski definition) is 3. The van der Waals surface area contributed by atoms with Crippen molar-refractivity contribution in [2.45, 2.75) is 82.3 Å². The van der Waals surface area contributed by atoms with Gasteiger partial charge in [-0.15, -0.1) is 0 Å². The zero-order valence-corrected chi connectivity index (χ0v) is 26.6. The number of carboxylic acids is 1. The second-order valence-corrected chi connectivity index (χ2v) is 14.7. The summed E-state index contributed by atoms with van der Waals surface area (Å²) in [6.07, 6.45) is 4.88. The molecule has 44 heavy (non-hydrogen) atoms. The quantitative estimate of drug-likeness (QED) is 0.422. The number of carbonyl (C=O) groups excluding carboxylic acids is 1. The fraction of sp³-hybridized carbons (Fsp3) is 0.618. The van der Waals surface area contributed by atoms with E-state index in [2.05, 4.69) is 24.8 Å². The minimum atomic E-state index is -2.51. The lowest BCUT2D eigenvalue weighted by atomic mass is 9.58. The molecule has 0 saturated heterocycles.